The van der Waals surface area contributed by atoms with E-state index in [-0.39, 0.29) is 30.9 Å². The first-order valence-corrected chi connectivity index (χ1v) is 11.5. The van der Waals surface area contributed by atoms with Gasteiger partial charge in [-0.2, -0.15) is 0 Å². The first kappa shape index (κ1) is 25.0. The number of rotatable bonds is 10. The molecule has 10 heteroatoms. The van der Waals surface area contributed by atoms with Gasteiger partial charge < -0.3 is 26.0 Å². The van der Waals surface area contributed by atoms with E-state index in [1.165, 1.54) is 0 Å². The highest BCUT2D eigenvalue weighted by Gasteiger charge is 2.39. The summed E-state index contributed by atoms with van der Waals surface area (Å²) in [4.78, 5) is 39.2. The standard InChI is InChI=1S/C23H32F2N4O4/c1-2-3-4-7-29-13-15(11-19(29)30)22(32)28-18(10-14-8-16(24)12-17(25)9-14)21(31)20-23(33)27-6-5-26-20/h8-9,12,15,18,20-21,26,31H,2-7,10-11,13H2,1H3,(H,27,33)(H,28,32)/t15?,18-,20-,21-/m0/s1. The first-order chi connectivity index (χ1) is 15.8. The number of piperazine rings is 1. The van der Waals surface area contributed by atoms with E-state index in [0.717, 1.165) is 37.5 Å². The van der Waals surface area contributed by atoms with Crippen molar-refractivity contribution in [3.05, 3.63) is 35.4 Å². The van der Waals surface area contributed by atoms with E-state index < -0.39 is 47.6 Å². The highest BCUT2D eigenvalue weighted by atomic mass is 19.1. The zero-order valence-electron chi connectivity index (χ0n) is 18.8. The molecular formula is C23H32F2N4O4. The van der Waals surface area contributed by atoms with E-state index in [9.17, 15) is 28.3 Å². The molecule has 1 aromatic rings. The van der Waals surface area contributed by atoms with Crippen LogP contribution < -0.4 is 16.0 Å². The molecule has 4 N–H and O–H groups in total. The van der Waals surface area contributed by atoms with Gasteiger partial charge >= 0.3 is 0 Å². The summed E-state index contributed by atoms with van der Waals surface area (Å²) >= 11 is 0. The predicted octanol–water partition coefficient (Wildman–Crippen LogP) is 0.480. The molecule has 2 heterocycles. The molecule has 3 amide bonds. The van der Waals surface area contributed by atoms with Crippen LogP contribution in [0.3, 0.4) is 0 Å². The summed E-state index contributed by atoms with van der Waals surface area (Å²) in [7, 11) is 0. The number of carbonyl (C=O) groups excluding carboxylic acids is 3. The Labute approximate surface area is 192 Å². The number of benzene rings is 1. The second-order valence-corrected chi connectivity index (χ2v) is 8.76. The quantitative estimate of drug-likeness (QED) is 0.375. The Hall–Kier alpha value is -2.59. The summed E-state index contributed by atoms with van der Waals surface area (Å²) in [5.41, 5.74) is 0.233. The van der Waals surface area contributed by atoms with Crippen molar-refractivity contribution in [1.29, 1.82) is 0 Å². The normalized spacial score (nSPS) is 22.7. The average Bonchev–Trinajstić information content (AvgIpc) is 3.13. The second kappa shape index (κ2) is 11.5. The second-order valence-electron chi connectivity index (χ2n) is 8.76. The molecule has 0 bridgehead atoms. The molecule has 3 rings (SSSR count). The minimum atomic E-state index is -1.35. The van der Waals surface area contributed by atoms with E-state index in [2.05, 4.69) is 22.9 Å². The van der Waals surface area contributed by atoms with Crippen LogP contribution in [-0.4, -0.2) is 72.1 Å². The molecule has 0 spiro atoms. The number of hydrogen-bond acceptors (Lipinski definition) is 5. The van der Waals surface area contributed by atoms with Gasteiger partial charge in [0.1, 0.15) is 17.7 Å². The lowest BCUT2D eigenvalue weighted by molar-refractivity contribution is -0.131. The Kier molecular flexibility index (Phi) is 8.74. The Bertz CT molecular complexity index is 849. The van der Waals surface area contributed by atoms with Crippen LogP contribution in [0.4, 0.5) is 8.78 Å². The summed E-state index contributed by atoms with van der Waals surface area (Å²) in [6, 6.07) is 0.999. The highest BCUT2D eigenvalue weighted by molar-refractivity contribution is 5.89. The third-order valence-electron chi connectivity index (χ3n) is 6.15. The average molecular weight is 467 g/mol. The van der Waals surface area contributed by atoms with Crippen molar-refractivity contribution in [2.24, 2.45) is 5.92 Å². The van der Waals surface area contributed by atoms with Crippen molar-refractivity contribution in [2.45, 2.75) is 57.2 Å². The molecule has 0 saturated carbocycles. The number of halogens is 2. The van der Waals surface area contributed by atoms with Crippen LogP contribution in [0.5, 0.6) is 0 Å². The molecule has 2 fully saturated rings. The fourth-order valence-electron chi connectivity index (χ4n) is 4.38. The number of aliphatic hydroxyl groups excluding tert-OH is 1. The molecule has 8 nitrogen and oxygen atoms in total. The number of aliphatic hydroxyl groups is 1. The van der Waals surface area contributed by atoms with Gasteiger partial charge in [-0.15, -0.1) is 0 Å². The Morgan fingerprint density at radius 3 is 2.61 bits per heavy atom. The maximum Gasteiger partial charge on any atom is 0.239 e. The van der Waals surface area contributed by atoms with Crippen LogP contribution in [0.25, 0.3) is 0 Å². The topological polar surface area (TPSA) is 111 Å². The van der Waals surface area contributed by atoms with E-state index in [0.29, 0.717) is 19.6 Å². The Balaban J connectivity index is 1.72. The van der Waals surface area contributed by atoms with Gasteiger partial charge in [0.2, 0.25) is 17.7 Å². The van der Waals surface area contributed by atoms with E-state index in [1.807, 2.05) is 0 Å². The number of hydrogen-bond donors (Lipinski definition) is 4. The third-order valence-corrected chi connectivity index (χ3v) is 6.15. The largest absolute Gasteiger partial charge is 0.389 e. The Morgan fingerprint density at radius 2 is 1.94 bits per heavy atom. The fraction of sp³-hybridized carbons (Fsp3) is 0.609. The van der Waals surface area contributed by atoms with Gasteiger partial charge in [0.15, 0.2) is 0 Å². The molecule has 0 aromatic heterocycles. The van der Waals surface area contributed by atoms with Crippen molar-refractivity contribution >= 4 is 17.7 Å². The van der Waals surface area contributed by atoms with Crippen LogP contribution in [-0.2, 0) is 20.8 Å². The molecule has 182 valence electrons. The maximum absolute atomic E-state index is 13.7. The van der Waals surface area contributed by atoms with Gasteiger partial charge in [-0.05, 0) is 30.5 Å². The Morgan fingerprint density at radius 1 is 1.21 bits per heavy atom. The molecule has 2 aliphatic rings. The molecule has 4 atom stereocenters. The number of nitrogens with zero attached hydrogens (tertiary/aromatic N) is 1. The van der Waals surface area contributed by atoms with Gasteiger partial charge in [0.25, 0.3) is 0 Å². The number of carbonyl (C=O) groups is 3. The SMILES string of the molecule is CCCCCN1CC(C(=O)N[C@@H](Cc2cc(F)cc(F)c2)[C@H](O)[C@@H]2NCCNC2=O)CC1=O. The minimum Gasteiger partial charge on any atom is -0.389 e. The van der Waals surface area contributed by atoms with Gasteiger partial charge in [-0.3, -0.25) is 14.4 Å². The molecule has 33 heavy (non-hydrogen) atoms. The van der Waals surface area contributed by atoms with Gasteiger partial charge in [-0.1, -0.05) is 19.8 Å². The molecule has 1 aromatic carbocycles. The number of unbranched alkanes of at least 4 members (excludes halogenated alkanes) is 2. The zero-order valence-corrected chi connectivity index (χ0v) is 18.8. The van der Waals surface area contributed by atoms with Crippen molar-refractivity contribution in [3.63, 3.8) is 0 Å². The molecule has 2 saturated heterocycles. The van der Waals surface area contributed by atoms with Crippen molar-refractivity contribution in [2.75, 3.05) is 26.2 Å². The van der Waals surface area contributed by atoms with E-state index in [4.69, 9.17) is 0 Å². The van der Waals surface area contributed by atoms with Gasteiger partial charge in [-0.25, -0.2) is 8.78 Å². The van der Waals surface area contributed by atoms with Crippen molar-refractivity contribution in [3.8, 4) is 0 Å². The summed E-state index contributed by atoms with van der Waals surface area (Å²) < 4.78 is 27.4. The number of likely N-dealkylation sites (tertiary alicyclic amines) is 1. The summed E-state index contributed by atoms with van der Waals surface area (Å²) in [5, 5.41) is 19.2. The summed E-state index contributed by atoms with van der Waals surface area (Å²) in [6.07, 6.45) is 1.51. The lowest BCUT2D eigenvalue weighted by atomic mass is 9.94. The van der Waals surface area contributed by atoms with Crippen molar-refractivity contribution < 1.29 is 28.3 Å². The molecule has 0 radical (unpaired) electrons. The van der Waals surface area contributed by atoms with E-state index >= 15 is 0 Å². The van der Waals surface area contributed by atoms with Gasteiger partial charge in [0.05, 0.1) is 18.1 Å². The van der Waals surface area contributed by atoms with Crippen LogP contribution >= 0.6 is 0 Å². The summed E-state index contributed by atoms with van der Waals surface area (Å²) in [5.74, 6) is -3.09. The summed E-state index contributed by atoms with van der Waals surface area (Å²) in [6.45, 7) is 3.80. The van der Waals surface area contributed by atoms with Crippen LogP contribution in [0, 0.1) is 17.6 Å². The molecule has 0 aliphatic carbocycles. The predicted molar refractivity (Wildman–Crippen MR) is 117 cm³/mol. The van der Waals surface area contributed by atoms with Crippen LogP contribution in [0.2, 0.25) is 0 Å². The fourth-order valence-corrected chi connectivity index (χ4v) is 4.38. The maximum atomic E-state index is 13.7. The molecule has 1 unspecified atom stereocenters. The number of amides is 3. The lowest BCUT2D eigenvalue weighted by Crippen LogP contribution is -2.63. The van der Waals surface area contributed by atoms with Crippen molar-refractivity contribution in [1.82, 2.24) is 20.9 Å². The monoisotopic (exact) mass is 466 g/mol. The molecular weight excluding hydrogens is 434 g/mol. The third kappa shape index (κ3) is 6.70. The van der Waals surface area contributed by atoms with Gasteiger partial charge in [0, 0.05) is 38.7 Å². The smallest absolute Gasteiger partial charge is 0.239 e. The first-order valence-electron chi connectivity index (χ1n) is 11.5. The number of nitrogens with one attached hydrogen (secondary N) is 3. The highest BCUT2D eigenvalue weighted by Crippen LogP contribution is 2.20. The zero-order chi connectivity index (χ0) is 24.0. The van der Waals surface area contributed by atoms with Crippen LogP contribution in [0.1, 0.15) is 38.2 Å². The molecule has 2 aliphatic heterocycles. The van der Waals surface area contributed by atoms with Crippen LogP contribution in [0.15, 0.2) is 18.2 Å². The lowest BCUT2D eigenvalue weighted by Gasteiger charge is -2.33. The minimum absolute atomic E-state index is 0.0670. The van der Waals surface area contributed by atoms with E-state index in [1.54, 1.807) is 4.90 Å².